The van der Waals surface area contributed by atoms with Crippen LogP contribution in [-0.2, 0) is 20.6 Å². The van der Waals surface area contributed by atoms with Crippen LogP contribution in [0.25, 0.3) is 0 Å². The summed E-state index contributed by atoms with van der Waals surface area (Å²) >= 11 is 2.60. The molecule has 3 amide bonds. The molecule has 0 spiro atoms. The van der Waals surface area contributed by atoms with Crippen molar-refractivity contribution in [3.63, 3.8) is 0 Å². The van der Waals surface area contributed by atoms with Gasteiger partial charge >= 0.3 is 11.0 Å². The van der Waals surface area contributed by atoms with Gasteiger partial charge < -0.3 is 15.0 Å². The maximum Gasteiger partial charge on any atom is 0.418 e. The minimum Gasteiger partial charge on any atom is -0.484 e. The third-order valence-corrected chi connectivity index (χ3v) is 12.8. The van der Waals surface area contributed by atoms with Crippen molar-refractivity contribution in [2.45, 2.75) is 35.7 Å². The molecular weight excluding hydrogens is 664 g/mol. The minimum atomic E-state index is -4.74. The largest absolute Gasteiger partial charge is 0.484 e. The highest BCUT2D eigenvalue weighted by atomic mass is 32.2. The molecule has 7 atom stereocenters. The zero-order valence-electron chi connectivity index (χ0n) is 25.3. The highest BCUT2D eigenvalue weighted by Gasteiger charge is 2.70. The van der Waals surface area contributed by atoms with Gasteiger partial charge in [0.1, 0.15) is 5.75 Å². The fourth-order valence-corrected chi connectivity index (χ4v) is 11.3. The van der Waals surface area contributed by atoms with E-state index in [0.717, 1.165) is 38.3 Å². The first kappa shape index (κ1) is 30.9. The molecule has 2 aliphatic heterocycles. The molecule has 2 N–H and O–H groups in total. The smallest absolute Gasteiger partial charge is 0.418 e. The van der Waals surface area contributed by atoms with Crippen LogP contribution >= 0.6 is 23.1 Å². The average molecular weight is 692 g/mol. The maximum atomic E-state index is 14.0. The van der Waals surface area contributed by atoms with Gasteiger partial charge in [-0.3, -0.25) is 19.2 Å². The van der Waals surface area contributed by atoms with Crippen LogP contribution < -0.4 is 19.8 Å². The molecule has 4 aromatic rings. The molecule has 2 bridgehead atoms. The first-order valence-corrected chi connectivity index (χ1v) is 17.2. The van der Waals surface area contributed by atoms with Gasteiger partial charge in [0.2, 0.25) is 11.8 Å². The van der Waals surface area contributed by atoms with Crippen LogP contribution in [0.3, 0.4) is 0 Å². The van der Waals surface area contributed by atoms with Crippen molar-refractivity contribution in [3.05, 3.63) is 104 Å². The number of aryl methyl sites for hydroxylation is 1. The van der Waals surface area contributed by atoms with Gasteiger partial charge in [0.05, 0.1) is 28.1 Å². The highest BCUT2D eigenvalue weighted by Crippen LogP contribution is 2.69. The summed E-state index contributed by atoms with van der Waals surface area (Å²) in [5.74, 6) is -3.56. The molecule has 0 unspecified atom stereocenters. The van der Waals surface area contributed by atoms with Gasteiger partial charge in [-0.05, 0) is 72.6 Å². The van der Waals surface area contributed by atoms with E-state index in [0.29, 0.717) is 22.9 Å². The molecule has 4 aliphatic rings. The van der Waals surface area contributed by atoms with Crippen LogP contribution in [-0.4, -0.2) is 34.6 Å². The number of para-hydroxylation sites is 2. The molecule has 2 saturated carbocycles. The van der Waals surface area contributed by atoms with E-state index < -0.39 is 41.1 Å². The number of hydrogen-bond acceptors (Lipinski definition) is 7. The standard InChI is InChI=1S/C35H28F3N3O5S2/c1-16-7-2-4-11-22(16)39-24(42)15-46-18-9-6-8-17(13-18)25-26-19-14-20(29(26)47-31-30(25)48-34(45)40-31)28-27(19)32(43)41(33(28)44)23-12-5-3-10-21(23)35(36,37)38/h2-13,19-20,25-29H,14-15H2,1H3,(H,39,42)(H,40,45)/t19-,20-,25+,26-,27+,28+,29-/m1/s1. The Morgan fingerprint density at radius 2 is 1.71 bits per heavy atom. The molecule has 48 heavy (non-hydrogen) atoms. The molecule has 0 radical (unpaired) electrons. The number of imide groups is 1. The lowest BCUT2D eigenvalue weighted by atomic mass is 9.68. The number of aromatic amines is 1. The van der Waals surface area contributed by atoms with E-state index in [-0.39, 0.29) is 46.3 Å². The lowest BCUT2D eigenvalue weighted by Gasteiger charge is -2.43. The number of halogens is 3. The van der Waals surface area contributed by atoms with Crippen LogP contribution in [0.5, 0.6) is 5.75 Å². The average Bonchev–Trinajstić information content (AvgIpc) is 3.79. The first-order valence-electron chi connectivity index (χ1n) is 15.5. The SMILES string of the molecule is Cc1ccccc1NC(=O)COc1cccc([C@@H]2c3sc(=O)[nH]c3S[C@@H]3[C@@H]4C[C@@H]([C@@H]5C(=O)N(c6ccccc6C(F)(F)F)C(=O)[C@@H]45)[C@H]23)c1. The van der Waals surface area contributed by atoms with Gasteiger partial charge in [0.25, 0.3) is 5.91 Å². The van der Waals surface area contributed by atoms with Gasteiger partial charge in [-0.1, -0.05) is 53.8 Å². The number of fused-ring (bicyclic) bond motifs is 9. The summed E-state index contributed by atoms with van der Waals surface area (Å²) in [5.41, 5.74) is 0.991. The van der Waals surface area contributed by atoms with Crippen molar-refractivity contribution in [3.8, 4) is 5.75 Å². The fraction of sp³-hybridized carbons (Fsp3) is 0.314. The number of ether oxygens (including phenoxy) is 1. The fourth-order valence-electron chi connectivity index (χ4n) is 8.38. The molecule has 3 aromatic carbocycles. The molecule has 8 rings (SSSR count). The summed E-state index contributed by atoms with van der Waals surface area (Å²) in [6, 6.07) is 19.4. The first-order chi connectivity index (χ1) is 23.0. The predicted molar refractivity (Wildman–Crippen MR) is 174 cm³/mol. The normalized spacial score (nSPS) is 27.1. The number of alkyl halides is 3. The Bertz CT molecular complexity index is 2040. The van der Waals surface area contributed by atoms with Crippen LogP contribution in [0.4, 0.5) is 24.5 Å². The molecule has 1 saturated heterocycles. The van der Waals surface area contributed by atoms with E-state index in [9.17, 15) is 32.3 Å². The van der Waals surface area contributed by atoms with E-state index >= 15 is 0 Å². The van der Waals surface area contributed by atoms with Crippen molar-refractivity contribution in [2.24, 2.45) is 29.6 Å². The summed E-state index contributed by atoms with van der Waals surface area (Å²) in [6.07, 6.45) is -4.15. The predicted octanol–water partition coefficient (Wildman–Crippen LogP) is 6.46. The number of thioether (sulfide) groups is 1. The lowest BCUT2D eigenvalue weighted by molar-refractivity contribution is -0.137. The van der Waals surface area contributed by atoms with E-state index in [2.05, 4.69) is 10.3 Å². The quantitative estimate of drug-likeness (QED) is 0.225. The van der Waals surface area contributed by atoms with Crippen LogP contribution in [0.15, 0.2) is 82.6 Å². The molecule has 1 aromatic heterocycles. The van der Waals surface area contributed by atoms with E-state index in [1.807, 2.05) is 49.4 Å². The number of amides is 3. The molecular formula is C35H28F3N3O5S2. The minimum absolute atomic E-state index is 0.141. The van der Waals surface area contributed by atoms with Crippen molar-refractivity contribution < 1.29 is 32.3 Å². The van der Waals surface area contributed by atoms with Crippen LogP contribution in [0.1, 0.15) is 33.9 Å². The lowest BCUT2D eigenvalue weighted by Crippen LogP contribution is -2.42. The van der Waals surface area contributed by atoms with Crippen molar-refractivity contribution in [1.29, 1.82) is 0 Å². The monoisotopic (exact) mass is 691 g/mol. The Hall–Kier alpha value is -4.36. The van der Waals surface area contributed by atoms with Gasteiger partial charge in [0.15, 0.2) is 6.61 Å². The second-order valence-electron chi connectivity index (χ2n) is 12.7. The van der Waals surface area contributed by atoms with E-state index in [4.69, 9.17) is 4.74 Å². The number of aromatic nitrogens is 1. The van der Waals surface area contributed by atoms with E-state index in [1.165, 1.54) is 30.0 Å². The Labute approximate surface area is 280 Å². The van der Waals surface area contributed by atoms with Gasteiger partial charge in [-0.15, -0.1) is 11.8 Å². The van der Waals surface area contributed by atoms with Crippen molar-refractivity contribution >= 4 is 52.2 Å². The number of nitrogens with zero attached hydrogens (tertiary/aromatic N) is 1. The zero-order valence-corrected chi connectivity index (χ0v) is 27.0. The van der Waals surface area contributed by atoms with Crippen LogP contribution in [0, 0.1) is 36.5 Å². The summed E-state index contributed by atoms with van der Waals surface area (Å²) in [5, 5.41) is 3.42. The Balaban J connectivity index is 1.10. The van der Waals surface area contributed by atoms with Crippen molar-refractivity contribution in [2.75, 3.05) is 16.8 Å². The van der Waals surface area contributed by atoms with Crippen molar-refractivity contribution in [1.82, 2.24) is 4.98 Å². The molecule has 3 fully saturated rings. The molecule has 246 valence electrons. The molecule has 13 heteroatoms. The third kappa shape index (κ3) is 4.89. The number of nitrogens with one attached hydrogen (secondary N) is 2. The number of benzene rings is 3. The molecule has 3 heterocycles. The maximum absolute atomic E-state index is 14.0. The number of hydrogen-bond donors (Lipinski definition) is 2. The Kier molecular flexibility index (Phi) is 7.33. The number of carbonyl (C=O) groups is 3. The number of thiazole rings is 1. The molecule has 2 aliphatic carbocycles. The van der Waals surface area contributed by atoms with Gasteiger partial charge in [-0.2, -0.15) is 13.2 Å². The summed E-state index contributed by atoms with van der Waals surface area (Å²) in [6.45, 7) is 1.67. The number of anilines is 2. The zero-order chi connectivity index (χ0) is 33.5. The van der Waals surface area contributed by atoms with Gasteiger partial charge in [-0.25, -0.2) is 4.90 Å². The van der Waals surface area contributed by atoms with Crippen LogP contribution in [0.2, 0.25) is 0 Å². The Morgan fingerprint density at radius 1 is 0.979 bits per heavy atom. The summed E-state index contributed by atoms with van der Waals surface area (Å²) in [7, 11) is 0. The summed E-state index contributed by atoms with van der Waals surface area (Å²) < 4.78 is 47.8. The number of H-pyrrole nitrogens is 1. The topological polar surface area (TPSA) is 109 Å². The second kappa shape index (κ2) is 11.4. The number of carbonyl (C=O) groups excluding carboxylic acids is 3. The summed E-state index contributed by atoms with van der Waals surface area (Å²) in [4.78, 5) is 57.5. The second-order valence-corrected chi connectivity index (χ2v) is 14.9. The van der Waals surface area contributed by atoms with E-state index in [1.54, 1.807) is 6.07 Å². The Morgan fingerprint density at radius 3 is 2.48 bits per heavy atom. The molecule has 8 nitrogen and oxygen atoms in total. The highest BCUT2D eigenvalue weighted by molar-refractivity contribution is 8.00. The number of rotatable bonds is 6. The van der Waals surface area contributed by atoms with Gasteiger partial charge in [0, 0.05) is 21.7 Å². The third-order valence-electron chi connectivity index (χ3n) is 10.2.